The first-order valence-corrected chi connectivity index (χ1v) is 31.4. The molecule has 0 radical (unpaired) electrons. The molecule has 356 valence electrons. The maximum atomic E-state index is 5.41. The molecule has 2 atom stereocenters. The highest BCUT2D eigenvalue weighted by molar-refractivity contribution is 6.77. The molecule has 8 aromatic rings. The Kier molecular flexibility index (Phi) is 13.2. The summed E-state index contributed by atoms with van der Waals surface area (Å²) in [5, 5.41) is 13.1. The van der Waals surface area contributed by atoms with Gasteiger partial charge in [0.15, 0.2) is 0 Å². The Morgan fingerprint density at radius 2 is 0.686 bits per heavy atom. The molecular weight excluding hydrogens is 897 g/mol. The fourth-order valence-corrected chi connectivity index (χ4v) is 14.6. The number of hydrogen-bond donors (Lipinski definition) is 2. The third-order valence-corrected chi connectivity index (χ3v) is 16.3. The Hall–Kier alpha value is -7.15. The number of nitrogens with zero attached hydrogens (tertiary/aromatic N) is 2. The van der Waals surface area contributed by atoms with Gasteiger partial charge in [0.25, 0.3) is 0 Å². The van der Waals surface area contributed by atoms with Gasteiger partial charge < -0.3 is 29.6 Å². The molecular formula is C60H64N4O4Si2. The van der Waals surface area contributed by atoms with Crippen LogP contribution in [0, 0.1) is 0 Å². The smallest absolute Gasteiger partial charge is 0.119 e. The minimum absolute atomic E-state index is 0.442. The summed E-state index contributed by atoms with van der Waals surface area (Å²) >= 11 is 0. The molecule has 0 spiro atoms. The first-order valence-electron chi connectivity index (χ1n) is 24.0. The Balaban J connectivity index is 0.000000174. The molecule has 2 N–H and O–H groups in total. The molecule has 70 heavy (non-hydrogen) atoms. The molecule has 10 rings (SSSR count). The van der Waals surface area contributed by atoms with Gasteiger partial charge in [0, 0.05) is 38.6 Å². The highest BCUT2D eigenvalue weighted by Crippen LogP contribution is 2.50. The lowest BCUT2D eigenvalue weighted by Crippen LogP contribution is -2.46. The summed E-state index contributed by atoms with van der Waals surface area (Å²) in [5.41, 5.74) is 10.2. The highest BCUT2D eigenvalue weighted by atomic mass is 28.3. The zero-order chi connectivity index (χ0) is 49.3. The van der Waals surface area contributed by atoms with E-state index in [1.54, 1.807) is 28.4 Å². The molecule has 0 heterocycles. The van der Waals surface area contributed by atoms with Gasteiger partial charge in [0.05, 0.1) is 51.2 Å². The van der Waals surface area contributed by atoms with Gasteiger partial charge in [-0.2, -0.15) is 0 Å². The van der Waals surface area contributed by atoms with Crippen molar-refractivity contribution in [2.45, 2.75) is 62.4 Å². The number of anilines is 2. The number of hydrogen-bond acceptors (Lipinski definition) is 8. The number of nitrogens with one attached hydrogen (secondary N) is 2. The lowest BCUT2D eigenvalue weighted by molar-refractivity contribution is 0.414. The molecule has 8 nitrogen and oxygen atoms in total. The normalized spacial score (nSPS) is 18.1. The maximum Gasteiger partial charge on any atom is 0.119 e. The van der Waals surface area contributed by atoms with Gasteiger partial charge in [-0.3, -0.25) is 0 Å². The molecule has 0 saturated carbocycles. The number of rotatable bonds is 14. The summed E-state index contributed by atoms with van der Waals surface area (Å²) in [5.74, 6) is 3.35. The van der Waals surface area contributed by atoms with Crippen molar-refractivity contribution in [2.75, 3.05) is 39.1 Å². The van der Waals surface area contributed by atoms with E-state index >= 15 is 0 Å². The minimum atomic E-state index is -1.58. The van der Waals surface area contributed by atoms with Crippen LogP contribution in [0.15, 0.2) is 180 Å². The summed E-state index contributed by atoms with van der Waals surface area (Å²) < 4.78 is 21.6. The molecule has 0 fully saturated rings. The average Bonchev–Trinajstić information content (AvgIpc) is 3.74. The van der Waals surface area contributed by atoms with Gasteiger partial charge in [-0.25, -0.2) is 9.98 Å². The van der Waals surface area contributed by atoms with E-state index in [9.17, 15) is 0 Å². The highest BCUT2D eigenvalue weighted by Gasteiger charge is 2.49. The third-order valence-electron chi connectivity index (χ3n) is 13.2. The Morgan fingerprint density at radius 1 is 0.386 bits per heavy atom. The molecule has 0 aliphatic heterocycles. The van der Waals surface area contributed by atoms with Crippen LogP contribution in [0.1, 0.15) is 22.3 Å². The second-order valence-corrected chi connectivity index (χ2v) is 31.7. The SMILES string of the molecule is COc1ccc(N=C2c3cccc4cccc(c34)[C@@]2(C[Si](C)(C)C)Nc2ccc(OC)cc2)cc1.COc1ccc(N=C2c3cccc4cccc(c34)[C@]2(C[Si](C)(C)C)Nc2ccc(OC)cc2)cc1. The van der Waals surface area contributed by atoms with Crippen LogP contribution in [0.2, 0.25) is 51.4 Å². The summed E-state index contributed by atoms with van der Waals surface area (Å²) in [6.45, 7) is 14.6. The first kappa shape index (κ1) is 47.9. The monoisotopic (exact) mass is 960 g/mol. The number of benzene rings is 8. The van der Waals surface area contributed by atoms with Crippen LogP contribution in [0.4, 0.5) is 22.7 Å². The average molecular weight is 961 g/mol. The molecule has 10 heteroatoms. The first-order chi connectivity index (χ1) is 33.7. The van der Waals surface area contributed by atoms with E-state index in [4.69, 9.17) is 28.9 Å². The minimum Gasteiger partial charge on any atom is -0.497 e. The zero-order valence-corrected chi connectivity index (χ0v) is 44.1. The predicted molar refractivity (Wildman–Crippen MR) is 299 cm³/mol. The van der Waals surface area contributed by atoms with Crippen molar-refractivity contribution in [3.8, 4) is 23.0 Å². The number of aliphatic imine (C=N–C) groups is 2. The molecule has 2 aliphatic rings. The summed E-state index contributed by atoms with van der Waals surface area (Å²) in [6.07, 6.45) is 0. The van der Waals surface area contributed by atoms with Crippen molar-refractivity contribution < 1.29 is 18.9 Å². The van der Waals surface area contributed by atoms with Crippen molar-refractivity contribution in [2.24, 2.45) is 9.98 Å². The standard InChI is InChI=1S/2C30H32N2O2Si/c2*1-33-24-16-12-22(13-17-24)31-29-26-10-6-8-21-9-7-11-27(28(21)26)30(29,20-35(3,4)5)32-23-14-18-25(34-2)19-15-23/h2*6-19,32H,20H2,1-5H3/t2*30-/m10/s1. The van der Waals surface area contributed by atoms with E-state index in [-0.39, 0.29) is 0 Å². The summed E-state index contributed by atoms with van der Waals surface area (Å²) in [7, 11) is 3.60. The van der Waals surface area contributed by atoms with E-state index in [0.717, 1.165) is 69.3 Å². The van der Waals surface area contributed by atoms with Crippen molar-refractivity contribution in [1.29, 1.82) is 0 Å². The second kappa shape index (κ2) is 19.3. The molecule has 0 aromatic heterocycles. The molecule has 0 bridgehead atoms. The quantitative estimate of drug-likeness (QED) is 0.106. The van der Waals surface area contributed by atoms with Crippen molar-refractivity contribution in [3.63, 3.8) is 0 Å². The largest absolute Gasteiger partial charge is 0.497 e. The van der Waals surface area contributed by atoms with Crippen molar-refractivity contribution in [1.82, 2.24) is 0 Å². The van der Waals surface area contributed by atoms with Crippen LogP contribution in [0.3, 0.4) is 0 Å². The topological polar surface area (TPSA) is 85.7 Å². The van der Waals surface area contributed by atoms with E-state index in [1.165, 1.54) is 43.8 Å². The maximum absolute atomic E-state index is 5.41. The molecule has 0 unspecified atom stereocenters. The van der Waals surface area contributed by atoms with E-state index in [0.29, 0.717) is 0 Å². The fourth-order valence-electron chi connectivity index (χ4n) is 10.5. The molecule has 8 aromatic carbocycles. The van der Waals surface area contributed by atoms with Crippen LogP contribution in [-0.2, 0) is 11.1 Å². The van der Waals surface area contributed by atoms with Crippen LogP contribution in [0.5, 0.6) is 23.0 Å². The van der Waals surface area contributed by atoms with E-state index in [2.05, 4.69) is 147 Å². The summed E-state index contributed by atoms with van der Waals surface area (Å²) in [6, 6.07) is 60.9. The van der Waals surface area contributed by atoms with Gasteiger partial charge in [-0.1, -0.05) is 112 Å². The second-order valence-electron chi connectivity index (χ2n) is 20.7. The Bertz CT molecular complexity index is 2990. The van der Waals surface area contributed by atoms with Crippen LogP contribution < -0.4 is 29.6 Å². The van der Waals surface area contributed by atoms with Crippen molar-refractivity contribution in [3.05, 3.63) is 192 Å². The van der Waals surface area contributed by atoms with Gasteiger partial charge in [-0.05, 0) is 142 Å². The van der Waals surface area contributed by atoms with Crippen LogP contribution in [-0.4, -0.2) is 56.0 Å². The Morgan fingerprint density at radius 3 is 0.986 bits per heavy atom. The van der Waals surface area contributed by atoms with Crippen LogP contribution >= 0.6 is 0 Å². The third kappa shape index (κ3) is 9.58. The Labute approximate surface area is 415 Å². The molecule has 2 aliphatic carbocycles. The number of ether oxygens (including phenoxy) is 4. The van der Waals surface area contributed by atoms with Gasteiger partial charge in [0.2, 0.25) is 0 Å². The number of methoxy groups -OCH3 is 4. The lowest BCUT2D eigenvalue weighted by Gasteiger charge is -2.38. The molecule has 0 saturated heterocycles. The summed E-state index contributed by atoms with van der Waals surface area (Å²) in [4.78, 5) is 10.7. The van der Waals surface area contributed by atoms with Gasteiger partial charge in [-0.15, -0.1) is 0 Å². The van der Waals surface area contributed by atoms with Crippen LogP contribution in [0.25, 0.3) is 21.5 Å². The van der Waals surface area contributed by atoms with Gasteiger partial charge in [0.1, 0.15) is 34.1 Å². The predicted octanol–water partition coefficient (Wildman–Crippen LogP) is 15.3. The van der Waals surface area contributed by atoms with E-state index in [1.807, 2.05) is 72.8 Å². The zero-order valence-electron chi connectivity index (χ0n) is 42.1. The van der Waals surface area contributed by atoms with Gasteiger partial charge >= 0.3 is 0 Å². The lowest BCUT2D eigenvalue weighted by atomic mass is 9.90. The van der Waals surface area contributed by atoms with E-state index < -0.39 is 27.2 Å². The van der Waals surface area contributed by atoms with Crippen molar-refractivity contribution >= 4 is 71.9 Å². The molecule has 0 amide bonds. The fraction of sp³-hybridized carbons (Fsp3) is 0.233.